The number of hydrogen-bond donors (Lipinski definition) is 1. The SMILES string of the molecule is CC1=CC=CC=C(C)N1. The van der Waals surface area contributed by atoms with E-state index in [9.17, 15) is 0 Å². The summed E-state index contributed by atoms with van der Waals surface area (Å²) in [5, 5.41) is 3.20. The first-order valence-electron chi connectivity index (χ1n) is 3.08. The zero-order chi connectivity index (χ0) is 6.69. The molecule has 0 atom stereocenters. The Morgan fingerprint density at radius 1 is 1.00 bits per heavy atom. The Labute approximate surface area is 55.8 Å². The molecule has 1 aliphatic heterocycles. The Morgan fingerprint density at radius 2 is 1.44 bits per heavy atom. The highest BCUT2D eigenvalue weighted by atomic mass is 14.9. The first-order valence-corrected chi connectivity index (χ1v) is 3.08. The molecule has 0 amide bonds. The van der Waals surface area contributed by atoms with Crippen molar-refractivity contribution < 1.29 is 0 Å². The van der Waals surface area contributed by atoms with Crippen LogP contribution in [-0.4, -0.2) is 0 Å². The lowest BCUT2D eigenvalue weighted by Gasteiger charge is -2.01. The van der Waals surface area contributed by atoms with Crippen LogP contribution in [0.5, 0.6) is 0 Å². The normalized spacial score (nSPS) is 17.6. The van der Waals surface area contributed by atoms with E-state index in [2.05, 4.69) is 5.32 Å². The van der Waals surface area contributed by atoms with Crippen molar-refractivity contribution in [3.8, 4) is 0 Å². The predicted molar refractivity (Wildman–Crippen MR) is 39.8 cm³/mol. The molecule has 0 aliphatic carbocycles. The Kier molecular flexibility index (Phi) is 1.73. The van der Waals surface area contributed by atoms with E-state index in [1.165, 1.54) is 11.4 Å². The van der Waals surface area contributed by atoms with E-state index in [0.717, 1.165) is 0 Å². The highest BCUT2D eigenvalue weighted by Gasteiger charge is 1.88. The van der Waals surface area contributed by atoms with Crippen molar-refractivity contribution in [1.29, 1.82) is 0 Å². The number of allylic oxidation sites excluding steroid dienone is 6. The van der Waals surface area contributed by atoms with Gasteiger partial charge in [0, 0.05) is 11.4 Å². The van der Waals surface area contributed by atoms with Crippen LogP contribution in [0.4, 0.5) is 0 Å². The second-order valence-corrected chi connectivity index (χ2v) is 2.21. The van der Waals surface area contributed by atoms with Gasteiger partial charge in [-0.05, 0) is 26.0 Å². The molecule has 0 saturated heterocycles. The number of hydrogen-bond acceptors (Lipinski definition) is 1. The minimum Gasteiger partial charge on any atom is -0.363 e. The van der Waals surface area contributed by atoms with E-state index < -0.39 is 0 Å². The first kappa shape index (κ1) is 6.14. The van der Waals surface area contributed by atoms with Crippen LogP contribution in [0, 0.1) is 0 Å². The van der Waals surface area contributed by atoms with Crippen LogP contribution in [0.25, 0.3) is 0 Å². The molecule has 1 rings (SSSR count). The van der Waals surface area contributed by atoms with Crippen molar-refractivity contribution in [2.45, 2.75) is 13.8 Å². The summed E-state index contributed by atoms with van der Waals surface area (Å²) in [5.74, 6) is 0. The van der Waals surface area contributed by atoms with Crippen molar-refractivity contribution in [2.75, 3.05) is 0 Å². The molecule has 9 heavy (non-hydrogen) atoms. The van der Waals surface area contributed by atoms with Gasteiger partial charge >= 0.3 is 0 Å². The fraction of sp³-hybridized carbons (Fsp3) is 0.250. The second kappa shape index (κ2) is 2.53. The highest BCUT2D eigenvalue weighted by Crippen LogP contribution is 1.99. The summed E-state index contributed by atoms with van der Waals surface area (Å²) in [4.78, 5) is 0. The molecule has 1 nitrogen and oxygen atoms in total. The van der Waals surface area contributed by atoms with Crippen molar-refractivity contribution in [3.05, 3.63) is 35.7 Å². The van der Waals surface area contributed by atoms with Crippen molar-refractivity contribution in [3.63, 3.8) is 0 Å². The topological polar surface area (TPSA) is 12.0 Å². The summed E-state index contributed by atoms with van der Waals surface area (Å²) in [6.45, 7) is 4.10. The zero-order valence-electron chi connectivity index (χ0n) is 5.81. The van der Waals surface area contributed by atoms with Crippen molar-refractivity contribution in [2.24, 2.45) is 0 Å². The molecule has 0 aromatic heterocycles. The fourth-order valence-corrected chi connectivity index (χ4v) is 0.794. The van der Waals surface area contributed by atoms with Crippen molar-refractivity contribution >= 4 is 0 Å². The Bertz CT molecular complexity index is 165. The van der Waals surface area contributed by atoms with Gasteiger partial charge in [0.25, 0.3) is 0 Å². The van der Waals surface area contributed by atoms with Gasteiger partial charge < -0.3 is 5.32 Å². The van der Waals surface area contributed by atoms with Gasteiger partial charge in [-0.1, -0.05) is 12.2 Å². The van der Waals surface area contributed by atoms with E-state index in [4.69, 9.17) is 0 Å². The number of rotatable bonds is 0. The van der Waals surface area contributed by atoms with E-state index in [1.807, 2.05) is 38.2 Å². The summed E-state index contributed by atoms with van der Waals surface area (Å²) < 4.78 is 0. The Balaban J connectivity index is 2.77. The van der Waals surface area contributed by atoms with Crippen LogP contribution in [0.15, 0.2) is 35.7 Å². The monoisotopic (exact) mass is 121 g/mol. The molecule has 1 heterocycles. The van der Waals surface area contributed by atoms with E-state index in [0.29, 0.717) is 0 Å². The van der Waals surface area contributed by atoms with Crippen LogP contribution in [0.2, 0.25) is 0 Å². The molecular formula is C8H11N. The molecule has 48 valence electrons. The molecular weight excluding hydrogens is 110 g/mol. The third-order valence-electron chi connectivity index (χ3n) is 1.20. The van der Waals surface area contributed by atoms with Crippen LogP contribution in [0.3, 0.4) is 0 Å². The molecule has 0 aromatic carbocycles. The molecule has 1 N–H and O–H groups in total. The molecule has 0 bridgehead atoms. The van der Waals surface area contributed by atoms with E-state index >= 15 is 0 Å². The molecule has 0 spiro atoms. The van der Waals surface area contributed by atoms with Crippen molar-refractivity contribution in [1.82, 2.24) is 5.32 Å². The Morgan fingerprint density at radius 3 is 1.89 bits per heavy atom. The molecule has 1 heteroatoms. The van der Waals surface area contributed by atoms with Gasteiger partial charge in [0.2, 0.25) is 0 Å². The largest absolute Gasteiger partial charge is 0.363 e. The lowest BCUT2D eigenvalue weighted by Crippen LogP contribution is -2.05. The predicted octanol–water partition coefficient (Wildman–Crippen LogP) is 1.95. The summed E-state index contributed by atoms with van der Waals surface area (Å²) >= 11 is 0. The molecule has 0 unspecified atom stereocenters. The van der Waals surface area contributed by atoms with Gasteiger partial charge in [0.1, 0.15) is 0 Å². The summed E-state index contributed by atoms with van der Waals surface area (Å²) in [6.07, 6.45) is 8.15. The third-order valence-corrected chi connectivity index (χ3v) is 1.20. The van der Waals surface area contributed by atoms with E-state index in [-0.39, 0.29) is 0 Å². The lowest BCUT2D eigenvalue weighted by molar-refractivity contribution is 0.973. The first-order chi connectivity index (χ1) is 4.29. The van der Waals surface area contributed by atoms with Gasteiger partial charge in [-0.25, -0.2) is 0 Å². The van der Waals surface area contributed by atoms with Gasteiger partial charge in [-0.2, -0.15) is 0 Å². The molecule has 0 fully saturated rings. The standard InChI is InChI=1S/C8H11N/c1-7-5-3-4-6-8(2)9-7/h3-6,9H,1-2H3. The second-order valence-electron chi connectivity index (χ2n) is 2.21. The molecule has 1 aliphatic rings. The van der Waals surface area contributed by atoms with Crippen LogP contribution < -0.4 is 5.32 Å². The van der Waals surface area contributed by atoms with Gasteiger partial charge in [-0.15, -0.1) is 0 Å². The summed E-state index contributed by atoms with van der Waals surface area (Å²) in [7, 11) is 0. The summed E-state index contributed by atoms with van der Waals surface area (Å²) in [6, 6.07) is 0. The summed E-state index contributed by atoms with van der Waals surface area (Å²) in [5.41, 5.74) is 2.38. The van der Waals surface area contributed by atoms with E-state index in [1.54, 1.807) is 0 Å². The van der Waals surface area contributed by atoms with Crippen LogP contribution >= 0.6 is 0 Å². The Hall–Kier alpha value is -0.980. The molecule has 0 saturated carbocycles. The zero-order valence-corrected chi connectivity index (χ0v) is 5.81. The quantitative estimate of drug-likeness (QED) is 0.516. The molecule has 0 aromatic rings. The maximum Gasteiger partial charge on any atom is 0.0117 e. The van der Waals surface area contributed by atoms with Crippen LogP contribution in [-0.2, 0) is 0 Å². The van der Waals surface area contributed by atoms with Gasteiger partial charge in [0.15, 0.2) is 0 Å². The minimum atomic E-state index is 1.19. The average Bonchev–Trinajstić information content (AvgIpc) is 1.93. The lowest BCUT2D eigenvalue weighted by atomic mass is 10.4. The smallest absolute Gasteiger partial charge is 0.0117 e. The maximum atomic E-state index is 3.20. The molecule has 0 radical (unpaired) electrons. The highest BCUT2D eigenvalue weighted by molar-refractivity contribution is 5.23. The minimum absolute atomic E-state index is 1.19. The maximum absolute atomic E-state index is 3.20. The van der Waals surface area contributed by atoms with Gasteiger partial charge in [0.05, 0.1) is 0 Å². The van der Waals surface area contributed by atoms with Gasteiger partial charge in [-0.3, -0.25) is 0 Å². The average molecular weight is 121 g/mol. The third kappa shape index (κ3) is 1.76. The number of nitrogens with one attached hydrogen (secondary N) is 1. The van der Waals surface area contributed by atoms with Crippen LogP contribution in [0.1, 0.15) is 13.8 Å². The fourth-order valence-electron chi connectivity index (χ4n) is 0.794.